The number of nitrogens with one attached hydrogen (secondary N) is 2. The Morgan fingerprint density at radius 3 is 2.65 bits per heavy atom. The molecule has 0 amide bonds. The van der Waals surface area contributed by atoms with E-state index in [1.807, 2.05) is 42.5 Å². The highest BCUT2D eigenvalue weighted by Gasteiger charge is 2.67. The number of ether oxygens (including phenoxy) is 2. The zero-order valence-electron chi connectivity index (χ0n) is 20.3. The van der Waals surface area contributed by atoms with Crippen molar-refractivity contribution in [3.63, 3.8) is 0 Å². The molecule has 2 heterocycles. The number of rotatable bonds is 5. The van der Waals surface area contributed by atoms with Crippen LogP contribution in [0.4, 0.5) is 0 Å². The fourth-order valence-corrected chi connectivity index (χ4v) is 6.08. The molecule has 194 valence electrons. The van der Waals surface area contributed by atoms with Crippen LogP contribution in [-0.4, -0.2) is 74.7 Å². The maximum Gasteiger partial charge on any atom is 0.343 e. The monoisotopic (exact) mass is 506 g/mol. The van der Waals surface area contributed by atoms with E-state index in [0.29, 0.717) is 18.4 Å². The number of H-pyrrole nitrogens is 1. The first kappa shape index (κ1) is 24.3. The molecular formula is C28H30N2O7. The molecule has 1 aromatic heterocycles. The van der Waals surface area contributed by atoms with E-state index in [1.54, 1.807) is 13.2 Å². The normalized spacial score (nSPS) is 32.0. The van der Waals surface area contributed by atoms with Gasteiger partial charge >= 0.3 is 5.97 Å². The zero-order valence-corrected chi connectivity index (χ0v) is 20.3. The number of benzene rings is 3. The SMILES string of the molecule is CNCC1CCC(O)(C2(O)OC(C(=O)Oc3c[nH]c4ccc5cc6ccccc6cc5c34)C(O)C2O)C1. The van der Waals surface area contributed by atoms with Crippen LogP contribution in [0.1, 0.15) is 19.3 Å². The Labute approximate surface area is 212 Å². The second kappa shape index (κ2) is 8.76. The molecule has 9 nitrogen and oxygen atoms in total. The molecule has 3 aromatic carbocycles. The molecule has 1 saturated heterocycles. The van der Waals surface area contributed by atoms with Crippen molar-refractivity contribution < 1.29 is 34.7 Å². The van der Waals surface area contributed by atoms with Gasteiger partial charge in [0.05, 0.1) is 5.39 Å². The summed E-state index contributed by atoms with van der Waals surface area (Å²) in [7, 11) is 1.79. The molecule has 0 radical (unpaired) electrons. The van der Waals surface area contributed by atoms with Gasteiger partial charge in [-0.05, 0) is 78.5 Å². The third-order valence-electron chi connectivity index (χ3n) is 8.03. The molecule has 1 aliphatic heterocycles. The molecule has 6 rings (SSSR count). The number of esters is 1. The van der Waals surface area contributed by atoms with Crippen molar-refractivity contribution >= 4 is 38.4 Å². The lowest BCUT2D eigenvalue weighted by molar-refractivity contribution is -0.313. The van der Waals surface area contributed by atoms with Crippen LogP contribution in [0, 0.1) is 5.92 Å². The summed E-state index contributed by atoms with van der Waals surface area (Å²) >= 11 is 0. The van der Waals surface area contributed by atoms with Crippen molar-refractivity contribution in [1.82, 2.24) is 10.3 Å². The lowest BCUT2D eigenvalue weighted by Gasteiger charge is -2.39. The molecule has 2 aliphatic rings. The highest BCUT2D eigenvalue weighted by atomic mass is 16.7. The van der Waals surface area contributed by atoms with Crippen LogP contribution in [0.2, 0.25) is 0 Å². The molecule has 1 saturated carbocycles. The average molecular weight is 507 g/mol. The topological polar surface area (TPSA) is 144 Å². The van der Waals surface area contributed by atoms with E-state index in [1.165, 1.54) is 0 Å². The first-order valence-electron chi connectivity index (χ1n) is 12.5. The fraction of sp³-hybridized carbons (Fsp3) is 0.393. The fourth-order valence-electron chi connectivity index (χ4n) is 6.08. The van der Waals surface area contributed by atoms with Gasteiger partial charge in [0.1, 0.15) is 17.8 Å². The van der Waals surface area contributed by atoms with Gasteiger partial charge in [-0.1, -0.05) is 30.3 Å². The summed E-state index contributed by atoms with van der Waals surface area (Å²) in [5.74, 6) is -3.21. The van der Waals surface area contributed by atoms with Gasteiger partial charge in [-0.2, -0.15) is 0 Å². The molecule has 0 bridgehead atoms. The Hall–Kier alpha value is -3.05. The number of carbonyl (C=O) groups is 1. The van der Waals surface area contributed by atoms with Crippen molar-refractivity contribution in [3.05, 3.63) is 54.7 Å². The Morgan fingerprint density at radius 2 is 1.89 bits per heavy atom. The molecule has 2 fully saturated rings. The van der Waals surface area contributed by atoms with E-state index >= 15 is 0 Å². The summed E-state index contributed by atoms with van der Waals surface area (Å²) in [6.07, 6.45) is -2.91. The largest absolute Gasteiger partial charge is 0.422 e. The van der Waals surface area contributed by atoms with Gasteiger partial charge in [0, 0.05) is 11.7 Å². The van der Waals surface area contributed by atoms with Crippen LogP contribution in [-0.2, 0) is 9.53 Å². The number of aromatic amines is 1. The maximum atomic E-state index is 13.2. The molecule has 9 heteroatoms. The molecule has 37 heavy (non-hydrogen) atoms. The van der Waals surface area contributed by atoms with Crippen LogP contribution in [0.5, 0.6) is 5.75 Å². The van der Waals surface area contributed by atoms with Crippen LogP contribution < -0.4 is 10.1 Å². The van der Waals surface area contributed by atoms with Gasteiger partial charge in [0.15, 0.2) is 11.9 Å². The number of fused-ring (bicyclic) bond motifs is 4. The van der Waals surface area contributed by atoms with Crippen LogP contribution in [0.3, 0.4) is 0 Å². The molecule has 4 aromatic rings. The third-order valence-corrected chi connectivity index (χ3v) is 8.03. The standard InChI is InChI=1S/C28H30N2O7/c1-29-13-15-8-9-27(34,12-15)28(35)25(32)23(31)24(37-28)26(33)36-21-14-30-20-7-6-18-10-16-4-2-3-5-17(16)11-19(18)22(20)21/h2-7,10-11,14-15,23-25,29-32,34-35H,8-9,12-13H2,1H3. The predicted molar refractivity (Wildman–Crippen MR) is 137 cm³/mol. The summed E-state index contributed by atoms with van der Waals surface area (Å²) in [5, 5.41) is 51.5. The summed E-state index contributed by atoms with van der Waals surface area (Å²) in [6, 6.07) is 15.9. The van der Waals surface area contributed by atoms with E-state index in [2.05, 4.69) is 16.4 Å². The highest BCUT2D eigenvalue weighted by Crippen LogP contribution is 2.48. The lowest BCUT2D eigenvalue weighted by Crippen LogP contribution is -2.60. The summed E-state index contributed by atoms with van der Waals surface area (Å²) in [5.41, 5.74) is -1.06. The van der Waals surface area contributed by atoms with Crippen LogP contribution >= 0.6 is 0 Å². The number of hydrogen-bond acceptors (Lipinski definition) is 8. The predicted octanol–water partition coefficient (Wildman–Crippen LogP) is 1.94. The molecule has 6 N–H and O–H groups in total. The van der Waals surface area contributed by atoms with Crippen LogP contribution in [0.25, 0.3) is 32.4 Å². The quantitative estimate of drug-likeness (QED) is 0.178. The van der Waals surface area contributed by atoms with Gasteiger partial charge in [-0.15, -0.1) is 0 Å². The van der Waals surface area contributed by atoms with Crippen molar-refractivity contribution in [3.8, 4) is 5.75 Å². The Kier molecular flexibility index (Phi) is 5.76. The third kappa shape index (κ3) is 3.73. The smallest absolute Gasteiger partial charge is 0.343 e. The minimum absolute atomic E-state index is 0.0496. The van der Waals surface area contributed by atoms with Gasteiger partial charge in [-0.3, -0.25) is 0 Å². The Morgan fingerprint density at radius 1 is 1.14 bits per heavy atom. The number of aliphatic hydroxyl groups is 4. The number of aromatic nitrogens is 1. The van der Waals surface area contributed by atoms with E-state index < -0.39 is 35.7 Å². The summed E-state index contributed by atoms with van der Waals surface area (Å²) in [6.45, 7) is 0.617. The zero-order chi connectivity index (χ0) is 25.9. The van der Waals surface area contributed by atoms with Gasteiger partial charge < -0.3 is 40.2 Å². The van der Waals surface area contributed by atoms with Gasteiger partial charge in [-0.25, -0.2) is 4.79 Å². The maximum absolute atomic E-state index is 13.2. The first-order valence-corrected chi connectivity index (χ1v) is 12.5. The number of hydrogen-bond donors (Lipinski definition) is 6. The van der Waals surface area contributed by atoms with Crippen molar-refractivity contribution in [1.29, 1.82) is 0 Å². The summed E-state index contributed by atoms with van der Waals surface area (Å²) < 4.78 is 11.2. The van der Waals surface area contributed by atoms with E-state index in [-0.39, 0.29) is 24.5 Å². The summed E-state index contributed by atoms with van der Waals surface area (Å²) in [4.78, 5) is 16.3. The molecular weight excluding hydrogens is 476 g/mol. The van der Waals surface area contributed by atoms with Gasteiger partial charge in [0.2, 0.25) is 5.79 Å². The van der Waals surface area contributed by atoms with Crippen LogP contribution in [0.15, 0.2) is 54.7 Å². The van der Waals surface area contributed by atoms with Crippen molar-refractivity contribution in [2.45, 2.75) is 49.0 Å². The minimum Gasteiger partial charge on any atom is -0.422 e. The molecule has 1 aliphatic carbocycles. The Bertz CT molecular complexity index is 1500. The minimum atomic E-state index is -2.51. The number of carbonyl (C=O) groups excluding carboxylic acids is 1. The Balaban J connectivity index is 1.30. The van der Waals surface area contributed by atoms with Crippen molar-refractivity contribution in [2.24, 2.45) is 5.92 Å². The highest BCUT2D eigenvalue weighted by molar-refractivity contribution is 6.14. The van der Waals surface area contributed by atoms with Gasteiger partial charge in [0.25, 0.3) is 0 Å². The lowest BCUT2D eigenvalue weighted by atomic mass is 9.85. The second-order valence-corrected chi connectivity index (χ2v) is 10.4. The number of aliphatic hydroxyl groups excluding tert-OH is 2. The van der Waals surface area contributed by atoms with Crippen molar-refractivity contribution in [2.75, 3.05) is 13.6 Å². The van der Waals surface area contributed by atoms with E-state index in [0.717, 1.165) is 27.1 Å². The molecule has 0 spiro atoms. The first-order chi connectivity index (χ1) is 17.7. The average Bonchev–Trinajstić information content (AvgIpc) is 3.55. The molecule has 6 unspecified atom stereocenters. The molecule has 6 atom stereocenters. The second-order valence-electron chi connectivity index (χ2n) is 10.4. The van der Waals surface area contributed by atoms with E-state index in [4.69, 9.17) is 9.47 Å². The van der Waals surface area contributed by atoms with E-state index in [9.17, 15) is 25.2 Å².